The molecule has 0 bridgehead atoms. The lowest BCUT2D eigenvalue weighted by molar-refractivity contribution is 0.251. The fraction of sp³-hybridized carbons (Fsp3) is 0.385. The molecule has 1 atom stereocenters. The summed E-state index contributed by atoms with van der Waals surface area (Å²) < 4.78 is 7.56. The van der Waals surface area contributed by atoms with E-state index in [0.29, 0.717) is 23.4 Å². The third kappa shape index (κ3) is 3.33. The Hall–Kier alpha value is -2.09. The van der Waals surface area contributed by atoms with Crippen LogP contribution >= 0.6 is 11.8 Å². The second-order valence-corrected chi connectivity index (χ2v) is 5.80. The van der Waals surface area contributed by atoms with Crippen molar-refractivity contribution in [2.24, 2.45) is 12.0 Å². The van der Waals surface area contributed by atoms with Crippen molar-refractivity contribution in [2.45, 2.75) is 18.2 Å². The maximum Gasteiger partial charge on any atom is 0.219 e. The molecule has 110 valence electrons. The van der Waals surface area contributed by atoms with Crippen LogP contribution in [0.2, 0.25) is 0 Å². The molecule has 2 N–H and O–H groups in total. The molecular weight excluding hydrogens is 288 g/mol. The molecule has 0 fully saturated rings. The van der Waals surface area contributed by atoms with Gasteiger partial charge in [0.25, 0.3) is 0 Å². The summed E-state index contributed by atoms with van der Waals surface area (Å²) in [7, 11) is 1.87. The van der Waals surface area contributed by atoms with Crippen LogP contribution in [0.15, 0.2) is 28.6 Å². The van der Waals surface area contributed by atoms with Gasteiger partial charge in [0.15, 0.2) is 5.16 Å². The summed E-state index contributed by atoms with van der Waals surface area (Å²) in [6.07, 6.45) is 3.66. The first-order valence-corrected chi connectivity index (χ1v) is 7.53. The fourth-order valence-corrected chi connectivity index (χ4v) is 2.88. The van der Waals surface area contributed by atoms with Gasteiger partial charge in [0.05, 0.1) is 18.3 Å². The van der Waals surface area contributed by atoms with Crippen molar-refractivity contribution in [3.8, 4) is 0 Å². The Kier molecular flexibility index (Phi) is 3.78. The highest BCUT2D eigenvalue weighted by molar-refractivity contribution is 7.99. The second-order valence-electron chi connectivity index (χ2n) is 4.82. The van der Waals surface area contributed by atoms with Crippen LogP contribution < -0.4 is 5.73 Å². The van der Waals surface area contributed by atoms with E-state index in [9.17, 15) is 0 Å². The van der Waals surface area contributed by atoms with Crippen LogP contribution in [-0.4, -0.2) is 44.0 Å². The highest BCUT2D eigenvalue weighted by Crippen LogP contribution is 2.20. The molecule has 3 rings (SSSR count). The van der Waals surface area contributed by atoms with E-state index in [-0.39, 0.29) is 6.10 Å². The number of aliphatic imine (C=N–C) groups is 1. The number of anilines is 1. The highest BCUT2D eigenvalue weighted by atomic mass is 32.2. The van der Waals surface area contributed by atoms with Crippen LogP contribution in [0.3, 0.4) is 0 Å². The number of aromatic nitrogens is 4. The molecule has 0 saturated carbocycles. The summed E-state index contributed by atoms with van der Waals surface area (Å²) in [5, 5.41) is 4.79. The molecule has 1 aliphatic heterocycles. The number of aryl methyl sites for hydroxylation is 2. The summed E-state index contributed by atoms with van der Waals surface area (Å²) in [5.41, 5.74) is 7.49. The minimum absolute atomic E-state index is 0.0237. The zero-order valence-corrected chi connectivity index (χ0v) is 12.7. The van der Waals surface area contributed by atoms with Crippen molar-refractivity contribution in [3.05, 3.63) is 29.7 Å². The molecule has 1 unspecified atom stereocenters. The van der Waals surface area contributed by atoms with E-state index < -0.39 is 0 Å². The Morgan fingerprint density at radius 1 is 1.48 bits per heavy atom. The molecule has 8 heteroatoms. The maximum atomic E-state index is 5.83. The van der Waals surface area contributed by atoms with Crippen LogP contribution in [0.1, 0.15) is 11.3 Å². The molecule has 1 aliphatic rings. The smallest absolute Gasteiger partial charge is 0.219 e. The zero-order chi connectivity index (χ0) is 14.8. The lowest BCUT2D eigenvalue weighted by Crippen LogP contribution is -2.16. The van der Waals surface area contributed by atoms with Gasteiger partial charge in [0.1, 0.15) is 11.9 Å². The number of hydrogen-bond donors (Lipinski definition) is 1. The Morgan fingerprint density at radius 3 is 3.05 bits per heavy atom. The largest absolute Gasteiger partial charge is 0.471 e. The van der Waals surface area contributed by atoms with Crippen molar-refractivity contribution in [2.75, 3.05) is 18.0 Å². The van der Waals surface area contributed by atoms with Crippen LogP contribution in [0, 0.1) is 6.92 Å². The monoisotopic (exact) mass is 304 g/mol. The van der Waals surface area contributed by atoms with E-state index >= 15 is 0 Å². The summed E-state index contributed by atoms with van der Waals surface area (Å²) in [6, 6.07) is 1.75. The molecule has 0 radical (unpaired) electrons. The highest BCUT2D eigenvalue weighted by Gasteiger charge is 2.22. The summed E-state index contributed by atoms with van der Waals surface area (Å²) in [4.78, 5) is 13.0. The van der Waals surface area contributed by atoms with Gasteiger partial charge in [-0.3, -0.25) is 4.68 Å². The van der Waals surface area contributed by atoms with E-state index in [4.69, 9.17) is 10.5 Å². The minimum Gasteiger partial charge on any atom is -0.471 e. The minimum atomic E-state index is 0.0237. The third-order valence-electron chi connectivity index (χ3n) is 2.92. The van der Waals surface area contributed by atoms with Crippen molar-refractivity contribution < 1.29 is 4.74 Å². The van der Waals surface area contributed by atoms with Crippen LogP contribution in [0.25, 0.3) is 0 Å². The molecule has 7 nitrogen and oxygen atoms in total. The van der Waals surface area contributed by atoms with Gasteiger partial charge in [-0.25, -0.2) is 15.0 Å². The predicted molar refractivity (Wildman–Crippen MR) is 81.4 cm³/mol. The van der Waals surface area contributed by atoms with E-state index in [2.05, 4.69) is 20.1 Å². The van der Waals surface area contributed by atoms with Gasteiger partial charge in [-0.05, 0) is 6.92 Å². The first-order valence-electron chi connectivity index (χ1n) is 6.54. The van der Waals surface area contributed by atoms with E-state index in [1.165, 1.54) is 11.8 Å². The van der Waals surface area contributed by atoms with Gasteiger partial charge >= 0.3 is 0 Å². The zero-order valence-electron chi connectivity index (χ0n) is 11.9. The number of nitrogens with two attached hydrogens (primary N) is 1. The Morgan fingerprint density at radius 2 is 2.33 bits per heavy atom. The molecular formula is C13H16N6OS. The van der Waals surface area contributed by atoms with Gasteiger partial charge in [0.2, 0.25) is 5.90 Å². The Balaban J connectivity index is 1.56. The lowest BCUT2D eigenvalue weighted by atomic mass is 10.4. The molecule has 3 heterocycles. The average molecular weight is 304 g/mol. The topological polar surface area (TPSA) is 91.2 Å². The number of ether oxygens (including phenoxy) is 1. The molecule has 21 heavy (non-hydrogen) atoms. The second kappa shape index (κ2) is 5.72. The van der Waals surface area contributed by atoms with Gasteiger partial charge < -0.3 is 10.5 Å². The maximum absolute atomic E-state index is 5.83. The van der Waals surface area contributed by atoms with Crippen molar-refractivity contribution in [1.82, 2.24) is 19.7 Å². The number of nitrogens with zero attached hydrogens (tertiary/aromatic N) is 5. The predicted octanol–water partition coefficient (Wildman–Crippen LogP) is 1.04. The fourth-order valence-electron chi connectivity index (χ4n) is 1.99. The summed E-state index contributed by atoms with van der Waals surface area (Å²) >= 11 is 1.53. The van der Waals surface area contributed by atoms with Crippen LogP contribution in [0.4, 0.5) is 5.82 Å². The summed E-state index contributed by atoms with van der Waals surface area (Å²) in [5.74, 6) is 1.87. The molecule has 0 saturated heterocycles. The normalized spacial score (nSPS) is 17.6. The first kappa shape index (κ1) is 13.9. The number of rotatable bonds is 4. The number of thioether (sulfide) groups is 1. The van der Waals surface area contributed by atoms with Gasteiger partial charge in [-0.15, -0.1) is 0 Å². The Bertz CT molecular complexity index is 663. The van der Waals surface area contributed by atoms with Gasteiger partial charge in [-0.2, -0.15) is 5.10 Å². The van der Waals surface area contributed by atoms with Crippen molar-refractivity contribution >= 4 is 23.5 Å². The van der Waals surface area contributed by atoms with Crippen molar-refractivity contribution in [1.29, 1.82) is 0 Å². The average Bonchev–Trinajstić information content (AvgIpc) is 3.04. The third-order valence-corrected chi connectivity index (χ3v) is 3.90. The van der Waals surface area contributed by atoms with E-state index in [1.807, 2.05) is 20.2 Å². The SMILES string of the molecule is Cc1cc(N)nc(SCC2CN=C(c3cnn(C)c3)O2)n1. The summed E-state index contributed by atoms with van der Waals surface area (Å²) in [6.45, 7) is 2.54. The molecule has 0 aromatic carbocycles. The van der Waals surface area contributed by atoms with Gasteiger partial charge in [-0.1, -0.05) is 11.8 Å². The molecule has 2 aromatic rings. The standard InChI is InChI=1S/C13H16N6OS/c1-8-3-11(14)18-13(17-8)21-7-10-5-15-12(20-10)9-4-16-19(2)6-9/h3-4,6,10H,5,7H2,1-2H3,(H2,14,17,18). The van der Waals surface area contributed by atoms with Crippen molar-refractivity contribution in [3.63, 3.8) is 0 Å². The molecule has 2 aromatic heterocycles. The van der Waals surface area contributed by atoms with E-state index in [0.717, 1.165) is 17.0 Å². The quantitative estimate of drug-likeness (QED) is 0.670. The first-order chi connectivity index (χ1) is 10.1. The lowest BCUT2D eigenvalue weighted by Gasteiger charge is -2.10. The number of nitrogen functional groups attached to an aromatic ring is 1. The number of hydrogen-bond acceptors (Lipinski definition) is 7. The molecule has 0 amide bonds. The Labute approximate surface area is 126 Å². The van der Waals surface area contributed by atoms with Gasteiger partial charge in [0, 0.05) is 30.8 Å². The van der Waals surface area contributed by atoms with Crippen LogP contribution in [0.5, 0.6) is 0 Å². The van der Waals surface area contributed by atoms with Crippen LogP contribution in [-0.2, 0) is 11.8 Å². The molecule has 0 aliphatic carbocycles. The van der Waals surface area contributed by atoms with E-state index in [1.54, 1.807) is 16.9 Å². The molecule has 0 spiro atoms.